The normalized spacial score (nSPS) is 20.2. The third-order valence-corrected chi connectivity index (χ3v) is 8.26. The van der Waals surface area contributed by atoms with Crippen LogP contribution < -0.4 is 0 Å². The number of amides is 1. The van der Waals surface area contributed by atoms with E-state index >= 15 is 0 Å². The highest BCUT2D eigenvalue weighted by atomic mass is 32.2. The summed E-state index contributed by atoms with van der Waals surface area (Å²) in [4.78, 5) is 28.1. The van der Waals surface area contributed by atoms with Crippen LogP contribution in [0.1, 0.15) is 27.9 Å². The van der Waals surface area contributed by atoms with Crippen molar-refractivity contribution in [3.05, 3.63) is 95.8 Å². The monoisotopic (exact) mass is 533 g/mol. The number of pyridine rings is 1. The van der Waals surface area contributed by atoms with Crippen LogP contribution in [0.25, 0.3) is 0 Å². The van der Waals surface area contributed by atoms with E-state index in [-0.39, 0.29) is 12.5 Å². The molecule has 3 heterocycles. The van der Waals surface area contributed by atoms with Gasteiger partial charge in [0.1, 0.15) is 0 Å². The Balaban J connectivity index is 0.000000405. The topological polar surface area (TPSA) is 108 Å². The van der Waals surface area contributed by atoms with Gasteiger partial charge in [0.05, 0.1) is 16.0 Å². The second-order valence-corrected chi connectivity index (χ2v) is 10.4. The number of aliphatic carboxylic acids is 1. The Hall–Kier alpha value is -3.77. The van der Waals surface area contributed by atoms with Crippen molar-refractivity contribution in [2.45, 2.75) is 29.6 Å². The van der Waals surface area contributed by atoms with Crippen LogP contribution in [0.15, 0.2) is 84.0 Å². The van der Waals surface area contributed by atoms with Crippen LogP contribution in [0.2, 0.25) is 0 Å². The first-order valence-corrected chi connectivity index (χ1v) is 12.6. The maximum Gasteiger partial charge on any atom is 0.490 e. The fraction of sp³-hybridized carbons (Fsp3) is 0.240. The Morgan fingerprint density at radius 1 is 1.00 bits per heavy atom. The second kappa shape index (κ2) is 9.94. The van der Waals surface area contributed by atoms with Crippen LogP contribution in [-0.2, 0) is 26.9 Å². The summed E-state index contributed by atoms with van der Waals surface area (Å²) in [6.45, 7) is 1.08. The van der Waals surface area contributed by atoms with Crippen molar-refractivity contribution in [3.8, 4) is 0 Å². The first kappa shape index (κ1) is 26.3. The molecular weight excluding hydrogens is 511 g/mol. The number of halogens is 3. The Morgan fingerprint density at radius 2 is 1.65 bits per heavy atom. The lowest BCUT2D eigenvalue weighted by Gasteiger charge is -2.34. The van der Waals surface area contributed by atoms with E-state index in [2.05, 4.69) is 4.98 Å². The molecule has 1 amide bonds. The van der Waals surface area contributed by atoms with Gasteiger partial charge in [0.15, 0.2) is 0 Å². The van der Waals surface area contributed by atoms with Crippen LogP contribution in [0.4, 0.5) is 13.2 Å². The smallest absolute Gasteiger partial charge is 0.475 e. The van der Waals surface area contributed by atoms with E-state index in [0.29, 0.717) is 30.0 Å². The van der Waals surface area contributed by atoms with Gasteiger partial charge in [0.2, 0.25) is 10.0 Å². The van der Waals surface area contributed by atoms with Crippen molar-refractivity contribution in [1.29, 1.82) is 0 Å². The summed E-state index contributed by atoms with van der Waals surface area (Å²) in [7, 11) is -3.67. The van der Waals surface area contributed by atoms with Gasteiger partial charge in [0, 0.05) is 32.0 Å². The number of nitrogens with zero attached hydrogens (tertiary/aromatic N) is 3. The summed E-state index contributed by atoms with van der Waals surface area (Å²) in [6, 6.07) is 20.2. The van der Waals surface area contributed by atoms with Gasteiger partial charge in [-0.2, -0.15) is 17.5 Å². The molecule has 0 saturated carbocycles. The third kappa shape index (κ3) is 5.07. The van der Waals surface area contributed by atoms with Crippen LogP contribution in [0.3, 0.4) is 0 Å². The van der Waals surface area contributed by atoms with Crippen molar-refractivity contribution in [3.63, 3.8) is 0 Å². The standard InChI is InChI=1S/C23H21N3O3S.C2HF3O2/c27-22(19-9-6-13-24-15-19)25-14-12-23(17-25)20-10-4-5-11-21(20)30(28,29)26(23)16-18-7-2-1-3-8-18;3-2(4,5)1(6)7/h1-11,13,15H,12,14,16-17H2;(H,6,7). The predicted octanol–water partition coefficient (Wildman–Crippen LogP) is 3.66. The molecule has 1 unspecified atom stereocenters. The van der Waals surface area contributed by atoms with Gasteiger partial charge < -0.3 is 10.0 Å². The molecule has 12 heteroatoms. The van der Waals surface area contributed by atoms with Gasteiger partial charge in [-0.1, -0.05) is 48.5 Å². The fourth-order valence-electron chi connectivity index (χ4n) is 4.61. The quantitative estimate of drug-likeness (QED) is 0.551. The third-order valence-electron chi connectivity index (χ3n) is 6.29. The van der Waals surface area contributed by atoms with Gasteiger partial charge in [-0.3, -0.25) is 9.78 Å². The Kier molecular flexibility index (Phi) is 7.07. The van der Waals surface area contributed by atoms with Crippen molar-refractivity contribution >= 4 is 21.9 Å². The summed E-state index contributed by atoms with van der Waals surface area (Å²) < 4.78 is 60.3. The van der Waals surface area contributed by atoms with Crippen LogP contribution in [0.5, 0.6) is 0 Å². The van der Waals surface area contributed by atoms with Crippen molar-refractivity contribution in [1.82, 2.24) is 14.2 Å². The van der Waals surface area contributed by atoms with E-state index in [9.17, 15) is 26.4 Å². The van der Waals surface area contributed by atoms with Gasteiger partial charge in [0.25, 0.3) is 5.91 Å². The summed E-state index contributed by atoms with van der Waals surface area (Å²) in [5.41, 5.74) is 1.45. The van der Waals surface area contributed by atoms with Gasteiger partial charge in [-0.15, -0.1) is 0 Å². The highest BCUT2D eigenvalue weighted by molar-refractivity contribution is 7.89. The van der Waals surface area contributed by atoms with E-state index in [0.717, 1.165) is 11.1 Å². The number of likely N-dealkylation sites (tertiary alicyclic amines) is 1. The number of hydrogen-bond acceptors (Lipinski definition) is 5. The number of carbonyl (C=O) groups is 2. The van der Waals surface area contributed by atoms with E-state index < -0.39 is 27.7 Å². The fourth-order valence-corrected chi connectivity index (χ4v) is 6.66. The molecule has 1 N–H and O–H groups in total. The number of sulfonamides is 1. The van der Waals surface area contributed by atoms with E-state index in [1.54, 1.807) is 45.9 Å². The maximum absolute atomic E-state index is 13.5. The van der Waals surface area contributed by atoms with Crippen molar-refractivity contribution < 1.29 is 36.3 Å². The molecule has 2 aromatic carbocycles. The molecule has 1 fully saturated rings. The van der Waals surface area contributed by atoms with Crippen LogP contribution in [-0.4, -0.2) is 58.9 Å². The Labute approximate surface area is 211 Å². The minimum Gasteiger partial charge on any atom is -0.475 e. The molecule has 37 heavy (non-hydrogen) atoms. The molecule has 0 aliphatic carbocycles. The number of carbonyl (C=O) groups excluding carboxylic acids is 1. The largest absolute Gasteiger partial charge is 0.490 e. The summed E-state index contributed by atoms with van der Waals surface area (Å²) in [5.74, 6) is -2.88. The number of hydrogen-bond donors (Lipinski definition) is 1. The molecule has 0 radical (unpaired) electrons. The Morgan fingerprint density at radius 3 is 2.27 bits per heavy atom. The zero-order valence-electron chi connectivity index (χ0n) is 19.3. The molecule has 2 aliphatic heterocycles. The minimum atomic E-state index is -5.08. The zero-order chi connectivity index (χ0) is 26.8. The van der Waals surface area contributed by atoms with Crippen LogP contribution in [0, 0.1) is 0 Å². The minimum absolute atomic E-state index is 0.124. The summed E-state index contributed by atoms with van der Waals surface area (Å²) >= 11 is 0. The van der Waals surface area contributed by atoms with E-state index in [1.807, 2.05) is 42.5 Å². The van der Waals surface area contributed by atoms with Crippen molar-refractivity contribution in [2.75, 3.05) is 13.1 Å². The average Bonchev–Trinajstić information content (AvgIpc) is 3.40. The Bertz CT molecular complexity index is 1400. The molecule has 3 aromatic rings. The molecule has 8 nitrogen and oxygen atoms in total. The van der Waals surface area contributed by atoms with E-state index in [1.165, 1.54) is 0 Å². The summed E-state index contributed by atoms with van der Waals surface area (Å²) in [5, 5.41) is 7.12. The predicted molar refractivity (Wildman–Crippen MR) is 126 cm³/mol. The maximum atomic E-state index is 13.5. The van der Waals surface area contributed by atoms with Gasteiger partial charge in [-0.25, -0.2) is 13.2 Å². The molecule has 5 rings (SSSR count). The first-order valence-electron chi connectivity index (χ1n) is 11.1. The number of aromatic nitrogens is 1. The highest BCUT2D eigenvalue weighted by Gasteiger charge is 2.57. The first-order chi connectivity index (χ1) is 17.5. The van der Waals surface area contributed by atoms with Crippen molar-refractivity contribution in [2.24, 2.45) is 0 Å². The molecule has 1 aromatic heterocycles. The molecular formula is C25H22F3N3O5S. The SMILES string of the molecule is O=C(O)C(F)(F)F.O=C(c1cccnc1)N1CCC2(C1)c1ccccc1S(=O)(=O)N2Cc1ccccc1. The lowest BCUT2D eigenvalue weighted by Crippen LogP contribution is -2.46. The molecule has 0 bridgehead atoms. The zero-order valence-corrected chi connectivity index (χ0v) is 20.1. The molecule has 2 aliphatic rings. The number of rotatable bonds is 3. The van der Waals surface area contributed by atoms with E-state index in [4.69, 9.17) is 9.90 Å². The van der Waals surface area contributed by atoms with Crippen LogP contribution >= 0.6 is 0 Å². The highest BCUT2D eigenvalue weighted by Crippen LogP contribution is 2.50. The molecule has 1 saturated heterocycles. The molecule has 194 valence electrons. The number of carboxylic acids is 1. The lowest BCUT2D eigenvalue weighted by molar-refractivity contribution is -0.192. The number of benzene rings is 2. The molecule has 1 spiro atoms. The lowest BCUT2D eigenvalue weighted by atomic mass is 9.88. The van der Waals surface area contributed by atoms with Gasteiger partial charge in [-0.05, 0) is 35.7 Å². The summed E-state index contributed by atoms with van der Waals surface area (Å²) in [6.07, 6.45) is -1.35. The number of carboxylic acid groups (broad SMARTS) is 1. The molecule has 1 atom stereocenters. The second-order valence-electron chi connectivity index (χ2n) is 8.55. The number of alkyl halides is 3. The van der Waals surface area contributed by atoms with Gasteiger partial charge >= 0.3 is 12.1 Å². The average molecular weight is 534 g/mol. The number of fused-ring (bicyclic) bond motifs is 2.